The van der Waals surface area contributed by atoms with Crippen LogP contribution in [0.15, 0.2) is 52.5 Å². The molecule has 0 fully saturated rings. The molecule has 0 spiro atoms. The van der Waals surface area contributed by atoms with E-state index >= 15 is 0 Å². The maximum atomic E-state index is 14.8. The van der Waals surface area contributed by atoms with E-state index in [0.717, 1.165) is 4.90 Å². The van der Waals surface area contributed by atoms with Gasteiger partial charge in [0.2, 0.25) is 0 Å². The van der Waals surface area contributed by atoms with Crippen molar-refractivity contribution in [3.05, 3.63) is 64.3 Å². The maximum Gasteiger partial charge on any atom is 0.404 e. The van der Waals surface area contributed by atoms with Crippen LogP contribution in [0, 0.1) is 11.2 Å². The molecule has 3 rings (SSSR count). The highest BCUT2D eigenvalue weighted by Crippen LogP contribution is 2.33. The molecule has 0 saturated carbocycles. The van der Waals surface area contributed by atoms with E-state index in [1.807, 2.05) is 26.8 Å². The molecule has 1 aromatic carbocycles. The second-order valence-corrected chi connectivity index (χ2v) is 9.84. The van der Waals surface area contributed by atoms with Crippen LogP contribution >= 0.6 is 35.0 Å². The molecule has 0 aliphatic heterocycles. The Labute approximate surface area is 193 Å². The van der Waals surface area contributed by atoms with Crippen LogP contribution in [0.25, 0.3) is 5.69 Å². The molecule has 10 heteroatoms. The van der Waals surface area contributed by atoms with Crippen LogP contribution in [-0.2, 0) is 6.42 Å². The van der Waals surface area contributed by atoms with E-state index in [9.17, 15) is 14.3 Å². The molecule has 164 valence electrons. The van der Waals surface area contributed by atoms with Gasteiger partial charge in [-0.15, -0.1) is 0 Å². The molecule has 2 aromatic heterocycles. The molecule has 0 aliphatic carbocycles. The standard InChI is InChI=1S/C21H21Cl2FN4O2S/c1-21(2,3)16(26-20(29)30)9-12-10-18(31-13-7-8-17(23)25-11-13)28(27-12)15-6-4-5-14(22)19(15)24/h4-8,10-11,16,26H,9H2,1-3H3,(H,29,30). The lowest BCUT2D eigenvalue weighted by Crippen LogP contribution is -2.44. The molecule has 0 radical (unpaired) electrons. The van der Waals surface area contributed by atoms with Crippen molar-refractivity contribution in [2.24, 2.45) is 5.41 Å². The van der Waals surface area contributed by atoms with Crippen LogP contribution in [0.2, 0.25) is 10.2 Å². The third-order valence-electron chi connectivity index (χ3n) is 4.57. The highest BCUT2D eigenvalue weighted by Gasteiger charge is 2.28. The zero-order chi connectivity index (χ0) is 22.8. The van der Waals surface area contributed by atoms with Gasteiger partial charge in [-0.25, -0.2) is 18.9 Å². The average Bonchev–Trinajstić information content (AvgIpc) is 3.06. The zero-order valence-corrected chi connectivity index (χ0v) is 19.4. The number of pyridine rings is 1. The number of rotatable bonds is 6. The van der Waals surface area contributed by atoms with E-state index < -0.39 is 18.0 Å². The third-order valence-corrected chi connectivity index (χ3v) is 6.06. The van der Waals surface area contributed by atoms with Crippen LogP contribution in [0.4, 0.5) is 9.18 Å². The summed E-state index contributed by atoms with van der Waals surface area (Å²) in [5, 5.41) is 17.3. The predicted octanol–water partition coefficient (Wildman–Crippen LogP) is 6.09. The molecule has 6 nitrogen and oxygen atoms in total. The average molecular weight is 483 g/mol. The van der Waals surface area contributed by atoms with Crippen molar-refractivity contribution in [1.29, 1.82) is 0 Å². The molecular weight excluding hydrogens is 462 g/mol. The van der Waals surface area contributed by atoms with Gasteiger partial charge in [0, 0.05) is 23.6 Å². The highest BCUT2D eigenvalue weighted by atomic mass is 35.5. The maximum absolute atomic E-state index is 14.8. The molecule has 3 aromatic rings. The van der Waals surface area contributed by atoms with Gasteiger partial charge in [-0.3, -0.25) is 0 Å². The minimum absolute atomic E-state index is 0.0150. The molecule has 0 saturated heterocycles. The van der Waals surface area contributed by atoms with Crippen LogP contribution in [0.3, 0.4) is 0 Å². The number of aromatic nitrogens is 3. The minimum Gasteiger partial charge on any atom is -0.465 e. The van der Waals surface area contributed by atoms with Crippen LogP contribution < -0.4 is 5.32 Å². The second kappa shape index (κ2) is 9.46. The fourth-order valence-corrected chi connectivity index (χ4v) is 4.07. The van der Waals surface area contributed by atoms with Crippen molar-refractivity contribution in [2.45, 2.75) is 43.2 Å². The van der Waals surface area contributed by atoms with E-state index in [-0.39, 0.29) is 16.1 Å². The summed E-state index contributed by atoms with van der Waals surface area (Å²) >= 11 is 13.2. The topological polar surface area (TPSA) is 80.0 Å². The fourth-order valence-electron chi connectivity index (χ4n) is 2.89. The molecule has 0 bridgehead atoms. The Balaban J connectivity index is 2.03. The summed E-state index contributed by atoms with van der Waals surface area (Å²) in [7, 11) is 0. The van der Waals surface area contributed by atoms with Crippen molar-refractivity contribution in [3.63, 3.8) is 0 Å². The summed E-state index contributed by atoms with van der Waals surface area (Å²) in [4.78, 5) is 16.1. The fraction of sp³-hybridized carbons (Fsp3) is 0.286. The van der Waals surface area contributed by atoms with E-state index in [4.69, 9.17) is 23.2 Å². The van der Waals surface area contributed by atoms with Gasteiger partial charge in [0.15, 0.2) is 5.82 Å². The first-order valence-corrected chi connectivity index (χ1v) is 10.9. The number of hydrogen-bond acceptors (Lipinski definition) is 4. The lowest BCUT2D eigenvalue weighted by Gasteiger charge is -2.29. The number of nitrogens with one attached hydrogen (secondary N) is 1. The first kappa shape index (κ1) is 23.4. The van der Waals surface area contributed by atoms with Gasteiger partial charge in [-0.1, -0.05) is 61.8 Å². The Kier molecular flexibility index (Phi) is 7.13. The van der Waals surface area contributed by atoms with Crippen LogP contribution in [-0.4, -0.2) is 32.0 Å². The molecule has 31 heavy (non-hydrogen) atoms. The number of hydrogen-bond donors (Lipinski definition) is 2. The van der Waals surface area contributed by atoms with Gasteiger partial charge in [0.1, 0.15) is 15.9 Å². The summed E-state index contributed by atoms with van der Waals surface area (Å²) in [5.41, 5.74) is 0.454. The Morgan fingerprint density at radius 1 is 1.29 bits per heavy atom. The van der Waals surface area contributed by atoms with Gasteiger partial charge in [0.25, 0.3) is 0 Å². The highest BCUT2D eigenvalue weighted by molar-refractivity contribution is 7.99. The molecule has 2 N–H and O–H groups in total. The number of nitrogens with zero attached hydrogens (tertiary/aromatic N) is 3. The molecule has 2 heterocycles. The van der Waals surface area contributed by atoms with Gasteiger partial charge >= 0.3 is 6.09 Å². The summed E-state index contributed by atoms with van der Waals surface area (Å²) < 4.78 is 16.2. The minimum atomic E-state index is -1.11. The Morgan fingerprint density at radius 3 is 2.65 bits per heavy atom. The van der Waals surface area contributed by atoms with Crippen molar-refractivity contribution < 1.29 is 14.3 Å². The van der Waals surface area contributed by atoms with Crippen molar-refractivity contribution in [3.8, 4) is 5.69 Å². The Morgan fingerprint density at radius 2 is 2.03 bits per heavy atom. The monoisotopic (exact) mass is 482 g/mol. The first-order valence-electron chi connectivity index (χ1n) is 9.37. The van der Waals surface area contributed by atoms with Gasteiger partial charge < -0.3 is 10.4 Å². The van der Waals surface area contributed by atoms with E-state index in [1.165, 1.54) is 22.5 Å². The normalized spacial score (nSPS) is 12.6. The van der Waals surface area contributed by atoms with Crippen LogP contribution in [0.5, 0.6) is 0 Å². The van der Waals surface area contributed by atoms with E-state index in [0.29, 0.717) is 22.3 Å². The number of carboxylic acid groups (broad SMARTS) is 1. The lowest BCUT2D eigenvalue weighted by molar-refractivity contribution is 0.174. The van der Waals surface area contributed by atoms with Gasteiger partial charge in [-0.2, -0.15) is 5.10 Å². The SMILES string of the molecule is CC(C)(C)C(Cc1cc(Sc2ccc(Cl)nc2)n(-c2cccc(Cl)c2F)n1)NC(=O)O. The van der Waals surface area contributed by atoms with Gasteiger partial charge in [0.05, 0.1) is 10.7 Å². The number of halogens is 3. The second-order valence-electron chi connectivity index (χ2n) is 7.95. The molecule has 1 amide bonds. The molecule has 1 unspecified atom stereocenters. The summed E-state index contributed by atoms with van der Waals surface area (Å²) in [6, 6.07) is 9.57. The third kappa shape index (κ3) is 5.90. The lowest BCUT2D eigenvalue weighted by atomic mass is 9.84. The first-order chi connectivity index (χ1) is 14.5. The predicted molar refractivity (Wildman–Crippen MR) is 120 cm³/mol. The Bertz CT molecular complexity index is 1080. The summed E-state index contributed by atoms with van der Waals surface area (Å²) in [6.07, 6.45) is 0.835. The van der Waals surface area contributed by atoms with Crippen molar-refractivity contribution in [2.75, 3.05) is 0 Å². The smallest absolute Gasteiger partial charge is 0.404 e. The summed E-state index contributed by atoms with van der Waals surface area (Å²) in [5.74, 6) is -0.592. The van der Waals surface area contributed by atoms with Gasteiger partial charge in [-0.05, 0) is 35.7 Å². The quantitative estimate of drug-likeness (QED) is 0.415. The van der Waals surface area contributed by atoms with E-state index in [2.05, 4.69) is 15.4 Å². The molecule has 1 atom stereocenters. The van der Waals surface area contributed by atoms with Crippen molar-refractivity contribution >= 4 is 41.1 Å². The number of benzene rings is 1. The zero-order valence-electron chi connectivity index (χ0n) is 17.1. The molecular formula is C21H21Cl2FN4O2S. The number of amides is 1. The van der Waals surface area contributed by atoms with E-state index in [1.54, 1.807) is 30.5 Å². The summed E-state index contributed by atoms with van der Waals surface area (Å²) in [6.45, 7) is 5.82. The number of carbonyl (C=O) groups is 1. The van der Waals surface area contributed by atoms with Crippen LogP contribution in [0.1, 0.15) is 26.5 Å². The Hall–Kier alpha value is -2.29. The largest absolute Gasteiger partial charge is 0.465 e. The van der Waals surface area contributed by atoms with Crippen molar-refractivity contribution in [1.82, 2.24) is 20.1 Å². The molecule has 0 aliphatic rings.